The normalized spacial score (nSPS) is 18.0. The number of nitrogens with one attached hydrogen (secondary N) is 2. The molecule has 1 aliphatic rings. The summed E-state index contributed by atoms with van der Waals surface area (Å²) in [7, 11) is 0. The summed E-state index contributed by atoms with van der Waals surface area (Å²) in [6, 6.07) is 4.46. The van der Waals surface area contributed by atoms with Crippen molar-refractivity contribution in [2.75, 3.05) is 25.1 Å². The Morgan fingerprint density at radius 3 is 2.90 bits per heavy atom. The molecule has 0 spiro atoms. The van der Waals surface area contributed by atoms with Crippen LogP contribution < -0.4 is 10.6 Å². The van der Waals surface area contributed by atoms with Crippen LogP contribution in [0.2, 0.25) is 0 Å². The van der Waals surface area contributed by atoms with E-state index in [-0.39, 0.29) is 5.56 Å². The molecule has 1 atom stereocenters. The molecule has 1 heterocycles. The number of carboxylic acid groups (broad SMARTS) is 1. The van der Waals surface area contributed by atoms with Gasteiger partial charge in [-0.3, -0.25) is 0 Å². The van der Waals surface area contributed by atoms with Crippen molar-refractivity contribution in [2.24, 2.45) is 5.92 Å². The second-order valence-corrected chi connectivity index (χ2v) is 6.16. The van der Waals surface area contributed by atoms with Gasteiger partial charge in [-0.25, -0.2) is 9.59 Å². The minimum absolute atomic E-state index is 0.0815. The monoisotopic (exact) mass is 404 g/mol. The van der Waals surface area contributed by atoms with E-state index in [1.54, 1.807) is 12.1 Å². The Kier molecular flexibility index (Phi) is 5.80. The summed E-state index contributed by atoms with van der Waals surface area (Å²) in [5.74, 6) is -0.746. The number of aromatic carboxylic acids is 1. The molecular weight excluding hydrogens is 387 g/mol. The maximum atomic E-state index is 11.9. The Labute approximate surface area is 136 Å². The predicted octanol–water partition coefficient (Wildman–Crippen LogP) is 2.54. The molecule has 1 fully saturated rings. The van der Waals surface area contributed by atoms with Crippen LogP contribution in [0.5, 0.6) is 0 Å². The van der Waals surface area contributed by atoms with Crippen molar-refractivity contribution in [3.8, 4) is 0 Å². The quantitative estimate of drug-likeness (QED) is 0.674. The molecule has 1 aliphatic heterocycles. The SMILES string of the molecule is O=C(NCC1CCCOC1)Nc1ccc(I)cc1C(=O)O. The summed E-state index contributed by atoms with van der Waals surface area (Å²) in [5.41, 5.74) is 0.373. The first kappa shape index (κ1) is 16.0. The Morgan fingerprint density at radius 1 is 1.43 bits per heavy atom. The van der Waals surface area contributed by atoms with Crippen LogP contribution in [-0.4, -0.2) is 36.9 Å². The Bertz CT molecular complexity index is 530. The van der Waals surface area contributed by atoms with E-state index in [0.717, 1.165) is 23.0 Å². The zero-order valence-electron chi connectivity index (χ0n) is 11.4. The number of hydrogen-bond acceptors (Lipinski definition) is 3. The third-order valence-corrected chi connectivity index (χ3v) is 3.94. The molecule has 0 bridgehead atoms. The zero-order valence-corrected chi connectivity index (χ0v) is 13.6. The fourth-order valence-corrected chi connectivity index (χ4v) is 2.67. The first-order chi connectivity index (χ1) is 10.1. The zero-order chi connectivity index (χ0) is 15.2. The standard InChI is InChI=1S/C14H17IN2O4/c15-10-3-4-12(11(6-10)13(18)19)17-14(20)16-7-9-2-1-5-21-8-9/h3-4,6,9H,1-2,5,7-8H2,(H,18,19)(H2,16,17,20). The maximum absolute atomic E-state index is 11.9. The smallest absolute Gasteiger partial charge is 0.337 e. The number of amides is 2. The van der Waals surface area contributed by atoms with Crippen LogP contribution in [0.25, 0.3) is 0 Å². The van der Waals surface area contributed by atoms with E-state index in [0.29, 0.717) is 24.8 Å². The number of halogens is 1. The van der Waals surface area contributed by atoms with Gasteiger partial charge in [0.1, 0.15) is 0 Å². The minimum atomic E-state index is -1.07. The van der Waals surface area contributed by atoms with E-state index in [9.17, 15) is 9.59 Å². The van der Waals surface area contributed by atoms with Gasteiger partial charge in [0.05, 0.1) is 17.9 Å². The number of carbonyl (C=O) groups is 2. The molecular formula is C14H17IN2O4. The van der Waals surface area contributed by atoms with Crippen molar-refractivity contribution in [3.05, 3.63) is 27.3 Å². The Balaban J connectivity index is 1.91. The van der Waals surface area contributed by atoms with Crippen LogP contribution in [0.1, 0.15) is 23.2 Å². The van der Waals surface area contributed by atoms with E-state index in [4.69, 9.17) is 9.84 Å². The van der Waals surface area contributed by atoms with Gasteiger partial charge in [-0.2, -0.15) is 0 Å². The molecule has 0 saturated carbocycles. The third-order valence-electron chi connectivity index (χ3n) is 3.27. The van der Waals surface area contributed by atoms with Crippen LogP contribution in [0, 0.1) is 9.49 Å². The lowest BCUT2D eigenvalue weighted by Gasteiger charge is -2.22. The number of benzene rings is 1. The van der Waals surface area contributed by atoms with Gasteiger partial charge in [0.25, 0.3) is 0 Å². The molecule has 0 aliphatic carbocycles. The molecule has 1 unspecified atom stereocenters. The van der Waals surface area contributed by atoms with Crippen LogP contribution >= 0.6 is 22.6 Å². The number of hydrogen-bond donors (Lipinski definition) is 3. The number of urea groups is 1. The summed E-state index contributed by atoms with van der Waals surface area (Å²) in [5, 5.41) is 14.5. The van der Waals surface area contributed by atoms with Crippen LogP contribution in [0.3, 0.4) is 0 Å². The average molecular weight is 404 g/mol. The maximum Gasteiger partial charge on any atom is 0.337 e. The lowest BCUT2D eigenvalue weighted by Crippen LogP contribution is -2.36. The number of rotatable bonds is 4. The van der Waals surface area contributed by atoms with Crippen molar-refractivity contribution in [2.45, 2.75) is 12.8 Å². The average Bonchev–Trinajstić information content (AvgIpc) is 2.48. The molecule has 1 aromatic carbocycles. The van der Waals surface area contributed by atoms with Gasteiger partial charge >= 0.3 is 12.0 Å². The summed E-state index contributed by atoms with van der Waals surface area (Å²) in [6.07, 6.45) is 2.04. The van der Waals surface area contributed by atoms with Gasteiger partial charge < -0.3 is 20.5 Å². The van der Waals surface area contributed by atoms with E-state index in [2.05, 4.69) is 10.6 Å². The highest BCUT2D eigenvalue weighted by Crippen LogP contribution is 2.19. The number of anilines is 1. The summed E-state index contributed by atoms with van der Waals surface area (Å²) >= 11 is 2.03. The van der Waals surface area contributed by atoms with Gasteiger partial charge in [-0.1, -0.05) is 0 Å². The van der Waals surface area contributed by atoms with E-state index in [1.165, 1.54) is 6.07 Å². The van der Waals surface area contributed by atoms with Gasteiger partial charge in [0, 0.05) is 16.7 Å². The topological polar surface area (TPSA) is 87.7 Å². The lowest BCUT2D eigenvalue weighted by molar-refractivity contribution is 0.0559. The number of carbonyl (C=O) groups excluding carboxylic acids is 1. The molecule has 3 N–H and O–H groups in total. The Morgan fingerprint density at radius 2 is 2.24 bits per heavy atom. The van der Waals surface area contributed by atoms with Crippen molar-refractivity contribution >= 4 is 40.3 Å². The summed E-state index contributed by atoms with van der Waals surface area (Å²) in [6.45, 7) is 1.97. The number of carboxylic acids is 1. The van der Waals surface area contributed by atoms with Crippen LogP contribution in [0.4, 0.5) is 10.5 Å². The highest BCUT2D eigenvalue weighted by molar-refractivity contribution is 14.1. The molecule has 7 heteroatoms. The van der Waals surface area contributed by atoms with Crippen molar-refractivity contribution < 1.29 is 19.4 Å². The van der Waals surface area contributed by atoms with Gasteiger partial charge in [0.15, 0.2) is 0 Å². The number of ether oxygens (including phenoxy) is 1. The van der Waals surface area contributed by atoms with E-state index < -0.39 is 12.0 Å². The van der Waals surface area contributed by atoms with Gasteiger partial charge in [-0.05, 0) is 59.5 Å². The molecule has 21 heavy (non-hydrogen) atoms. The third kappa shape index (κ3) is 4.85. The van der Waals surface area contributed by atoms with Gasteiger partial charge in [0.2, 0.25) is 0 Å². The molecule has 1 saturated heterocycles. The lowest BCUT2D eigenvalue weighted by atomic mass is 10.0. The fraction of sp³-hybridized carbons (Fsp3) is 0.429. The minimum Gasteiger partial charge on any atom is -0.478 e. The van der Waals surface area contributed by atoms with E-state index in [1.807, 2.05) is 22.6 Å². The molecule has 1 aromatic rings. The van der Waals surface area contributed by atoms with Crippen LogP contribution in [0.15, 0.2) is 18.2 Å². The first-order valence-electron chi connectivity index (χ1n) is 6.71. The molecule has 114 valence electrons. The molecule has 2 amide bonds. The first-order valence-corrected chi connectivity index (χ1v) is 7.79. The highest BCUT2D eigenvalue weighted by Gasteiger charge is 2.16. The fourth-order valence-electron chi connectivity index (χ4n) is 2.17. The second kappa shape index (κ2) is 7.60. The predicted molar refractivity (Wildman–Crippen MR) is 86.7 cm³/mol. The summed E-state index contributed by atoms with van der Waals surface area (Å²) < 4.78 is 6.15. The van der Waals surface area contributed by atoms with Crippen molar-refractivity contribution in [1.82, 2.24) is 5.32 Å². The largest absolute Gasteiger partial charge is 0.478 e. The van der Waals surface area contributed by atoms with Gasteiger partial charge in [-0.15, -0.1) is 0 Å². The van der Waals surface area contributed by atoms with Crippen LogP contribution in [-0.2, 0) is 4.74 Å². The molecule has 2 rings (SSSR count). The summed E-state index contributed by atoms with van der Waals surface area (Å²) in [4.78, 5) is 23.0. The second-order valence-electron chi connectivity index (χ2n) is 4.91. The molecule has 6 nitrogen and oxygen atoms in total. The molecule has 0 aromatic heterocycles. The van der Waals surface area contributed by atoms with E-state index >= 15 is 0 Å². The van der Waals surface area contributed by atoms with Crippen molar-refractivity contribution in [1.29, 1.82) is 0 Å². The highest BCUT2D eigenvalue weighted by atomic mass is 127. The van der Waals surface area contributed by atoms with Crippen molar-refractivity contribution in [3.63, 3.8) is 0 Å². The Hall–Kier alpha value is -1.35. The molecule has 0 radical (unpaired) electrons.